The third-order valence-corrected chi connectivity index (χ3v) is 4.10. The van der Waals surface area contributed by atoms with Crippen LogP contribution in [0, 0.1) is 12.8 Å². The Morgan fingerprint density at radius 3 is 2.95 bits per heavy atom. The lowest BCUT2D eigenvalue weighted by Crippen LogP contribution is -2.31. The van der Waals surface area contributed by atoms with Gasteiger partial charge in [-0.15, -0.1) is 10.2 Å². The monoisotopic (exact) mass is 306 g/mol. The van der Waals surface area contributed by atoms with Gasteiger partial charge < -0.3 is 18.8 Å². The summed E-state index contributed by atoms with van der Waals surface area (Å²) in [5.74, 6) is 1.27. The molecule has 22 heavy (non-hydrogen) atoms. The average Bonchev–Trinajstić information content (AvgIpc) is 3.01. The highest BCUT2D eigenvalue weighted by Gasteiger charge is 2.20. The first kappa shape index (κ1) is 15.2. The Hall–Kier alpha value is -1.70. The Bertz CT molecular complexity index is 622. The van der Waals surface area contributed by atoms with E-state index in [-0.39, 0.29) is 12.5 Å². The summed E-state index contributed by atoms with van der Waals surface area (Å²) in [6.45, 7) is 5.59. The van der Waals surface area contributed by atoms with Crippen LogP contribution in [0.25, 0.3) is 11.6 Å². The molecule has 1 saturated heterocycles. The van der Waals surface area contributed by atoms with Crippen LogP contribution in [0.1, 0.15) is 11.6 Å². The first-order chi connectivity index (χ1) is 10.7. The number of hydrogen-bond donors (Lipinski definition) is 1. The molecule has 1 atom stereocenters. The van der Waals surface area contributed by atoms with E-state index in [2.05, 4.69) is 15.1 Å². The number of aliphatic hydroxyl groups is 1. The van der Waals surface area contributed by atoms with Gasteiger partial charge in [-0.1, -0.05) is 0 Å². The maximum Gasteiger partial charge on any atom is 0.264 e. The van der Waals surface area contributed by atoms with E-state index >= 15 is 0 Å². The van der Waals surface area contributed by atoms with Gasteiger partial charge in [0.1, 0.15) is 5.69 Å². The maximum absolute atomic E-state index is 9.32. The van der Waals surface area contributed by atoms with Crippen LogP contribution >= 0.6 is 0 Å². The van der Waals surface area contributed by atoms with Crippen LogP contribution in [0.5, 0.6) is 0 Å². The Balaban J connectivity index is 1.70. The van der Waals surface area contributed by atoms with Crippen molar-refractivity contribution in [2.45, 2.75) is 13.5 Å². The molecule has 3 heterocycles. The number of hydrogen-bond acceptors (Lipinski definition) is 6. The minimum atomic E-state index is 0.133. The van der Waals surface area contributed by atoms with Gasteiger partial charge in [-0.05, 0) is 19.1 Å². The standard InChI is InChI=1S/C15H22N4O3/c1-11-3-4-13(18(11)2)15-17-16-14(22-15)8-19-5-6-21-10-12(7-19)9-20/h3-4,12,20H,5-10H2,1-2H3/t12-/m1/s1. The number of rotatable bonds is 4. The highest BCUT2D eigenvalue weighted by atomic mass is 16.5. The molecule has 0 bridgehead atoms. The van der Waals surface area contributed by atoms with E-state index in [0.717, 1.165) is 24.5 Å². The largest absolute Gasteiger partial charge is 0.418 e. The maximum atomic E-state index is 9.32. The van der Waals surface area contributed by atoms with Gasteiger partial charge >= 0.3 is 0 Å². The second-order valence-corrected chi connectivity index (χ2v) is 5.78. The van der Waals surface area contributed by atoms with Crippen molar-refractivity contribution in [1.29, 1.82) is 0 Å². The fraction of sp³-hybridized carbons (Fsp3) is 0.600. The Morgan fingerprint density at radius 2 is 2.23 bits per heavy atom. The number of aryl methyl sites for hydroxylation is 1. The van der Waals surface area contributed by atoms with Gasteiger partial charge in [0.2, 0.25) is 5.89 Å². The summed E-state index contributed by atoms with van der Waals surface area (Å²) in [5.41, 5.74) is 2.06. The van der Waals surface area contributed by atoms with Crippen LogP contribution in [-0.2, 0) is 18.3 Å². The van der Waals surface area contributed by atoms with E-state index in [4.69, 9.17) is 9.15 Å². The molecule has 1 aliphatic rings. The van der Waals surface area contributed by atoms with Gasteiger partial charge in [0, 0.05) is 38.4 Å². The molecule has 0 spiro atoms. The SMILES string of the molecule is Cc1ccc(-c2nnc(CN3CCOC[C@@H](CO)C3)o2)n1C. The Morgan fingerprint density at radius 1 is 1.36 bits per heavy atom. The van der Waals surface area contributed by atoms with E-state index < -0.39 is 0 Å². The molecule has 0 aromatic carbocycles. The summed E-state index contributed by atoms with van der Waals surface area (Å²) < 4.78 is 13.3. The zero-order chi connectivity index (χ0) is 15.5. The minimum absolute atomic E-state index is 0.133. The van der Waals surface area contributed by atoms with Gasteiger partial charge in [0.15, 0.2) is 0 Å². The van der Waals surface area contributed by atoms with Gasteiger partial charge in [-0.25, -0.2) is 0 Å². The molecule has 1 N–H and O–H groups in total. The van der Waals surface area contributed by atoms with Crippen LogP contribution in [0.2, 0.25) is 0 Å². The van der Waals surface area contributed by atoms with Crippen molar-refractivity contribution in [3.05, 3.63) is 23.7 Å². The van der Waals surface area contributed by atoms with E-state index in [1.165, 1.54) is 0 Å². The van der Waals surface area contributed by atoms with Gasteiger partial charge in [0.05, 0.1) is 19.8 Å². The smallest absolute Gasteiger partial charge is 0.264 e. The van der Waals surface area contributed by atoms with Crippen LogP contribution in [-0.4, -0.2) is 57.7 Å². The molecule has 0 radical (unpaired) electrons. The number of ether oxygens (including phenoxy) is 1. The zero-order valence-corrected chi connectivity index (χ0v) is 13.0. The summed E-state index contributed by atoms with van der Waals surface area (Å²) in [7, 11) is 1.98. The van der Waals surface area contributed by atoms with Gasteiger partial charge in [-0.3, -0.25) is 4.90 Å². The molecule has 3 rings (SSSR count). The molecule has 0 unspecified atom stereocenters. The highest BCUT2D eigenvalue weighted by Crippen LogP contribution is 2.20. The molecular formula is C15H22N4O3. The molecule has 7 nitrogen and oxygen atoms in total. The van der Waals surface area contributed by atoms with Crippen molar-refractivity contribution in [3.8, 4) is 11.6 Å². The van der Waals surface area contributed by atoms with Crippen LogP contribution in [0.4, 0.5) is 0 Å². The topological polar surface area (TPSA) is 76.6 Å². The van der Waals surface area contributed by atoms with Crippen molar-refractivity contribution in [1.82, 2.24) is 19.7 Å². The van der Waals surface area contributed by atoms with Crippen LogP contribution < -0.4 is 0 Å². The second-order valence-electron chi connectivity index (χ2n) is 5.78. The van der Waals surface area contributed by atoms with Crippen molar-refractivity contribution in [2.24, 2.45) is 13.0 Å². The van der Waals surface area contributed by atoms with E-state index in [0.29, 0.717) is 31.5 Å². The Kier molecular flexibility index (Phi) is 4.56. The summed E-state index contributed by atoms with van der Waals surface area (Å²) in [6, 6.07) is 4.01. The zero-order valence-electron chi connectivity index (χ0n) is 13.0. The first-order valence-electron chi connectivity index (χ1n) is 7.53. The number of aliphatic hydroxyl groups excluding tert-OH is 1. The molecule has 0 saturated carbocycles. The van der Waals surface area contributed by atoms with Gasteiger partial charge in [0.25, 0.3) is 5.89 Å². The first-order valence-corrected chi connectivity index (χ1v) is 7.53. The third-order valence-electron chi connectivity index (χ3n) is 4.10. The fourth-order valence-corrected chi connectivity index (χ4v) is 2.65. The quantitative estimate of drug-likeness (QED) is 0.901. The number of aromatic nitrogens is 3. The Labute approximate surface area is 129 Å². The molecule has 1 aliphatic heterocycles. The van der Waals surface area contributed by atoms with Crippen molar-refractivity contribution < 1.29 is 14.3 Å². The van der Waals surface area contributed by atoms with Crippen LogP contribution in [0.3, 0.4) is 0 Å². The molecule has 0 aliphatic carbocycles. The number of nitrogens with zero attached hydrogens (tertiary/aromatic N) is 4. The highest BCUT2D eigenvalue weighted by molar-refractivity contribution is 5.48. The third kappa shape index (κ3) is 3.21. The predicted octanol–water partition coefficient (Wildman–Crippen LogP) is 0.824. The summed E-state index contributed by atoms with van der Waals surface area (Å²) in [4.78, 5) is 2.18. The molecule has 0 amide bonds. The van der Waals surface area contributed by atoms with Crippen molar-refractivity contribution >= 4 is 0 Å². The second kappa shape index (κ2) is 6.60. The van der Waals surface area contributed by atoms with E-state index in [9.17, 15) is 5.11 Å². The molecular weight excluding hydrogens is 284 g/mol. The van der Waals surface area contributed by atoms with E-state index in [1.54, 1.807) is 0 Å². The summed E-state index contributed by atoms with van der Waals surface area (Å²) >= 11 is 0. The lowest BCUT2D eigenvalue weighted by Gasteiger charge is -2.20. The van der Waals surface area contributed by atoms with Crippen molar-refractivity contribution in [3.63, 3.8) is 0 Å². The fourth-order valence-electron chi connectivity index (χ4n) is 2.65. The van der Waals surface area contributed by atoms with Crippen LogP contribution in [0.15, 0.2) is 16.5 Å². The predicted molar refractivity (Wildman–Crippen MR) is 80.1 cm³/mol. The minimum Gasteiger partial charge on any atom is -0.418 e. The molecule has 1 fully saturated rings. The molecule has 2 aromatic rings. The molecule has 7 heteroatoms. The van der Waals surface area contributed by atoms with Crippen molar-refractivity contribution in [2.75, 3.05) is 32.9 Å². The summed E-state index contributed by atoms with van der Waals surface area (Å²) in [5, 5.41) is 17.6. The lowest BCUT2D eigenvalue weighted by molar-refractivity contribution is 0.0957. The molecule has 2 aromatic heterocycles. The normalized spacial score (nSPS) is 20.2. The van der Waals surface area contributed by atoms with Gasteiger partial charge in [-0.2, -0.15) is 0 Å². The van der Waals surface area contributed by atoms with E-state index in [1.807, 2.05) is 30.7 Å². The average molecular weight is 306 g/mol. The lowest BCUT2D eigenvalue weighted by atomic mass is 10.1. The summed E-state index contributed by atoms with van der Waals surface area (Å²) in [6.07, 6.45) is 0. The molecule has 120 valence electrons.